The molecule has 0 fully saturated rings. The van der Waals surface area contributed by atoms with Crippen LogP contribution in [0.3, 0.4) is 0 Å². The highest BCUT2D eigenvalue weighted by Crippen LogP contribution is 2.10. The summed E-state index contributed by atoms with van der Waals surface area (Å²) in [5.41, 5.74) is 0. The van der Waals surface area contributed by atoms with Crippen LogP contribution < -0.4 is 5.32 Å². The van der Waals surface area contributed by atoms with E-state index in [1.807, 2.05) is 0 Å². The molecule has 0 aromatic rings. The maximum atomic E-state index is 5.47. The van der Waals surface area contributed by atoms with Crippen molar-refractivity contribution in [3.63, 3.8) is 0 Å². The summed E-state index contributed by atoms with van der Waals surface area (Å²) in [6.07, 6.45) is 3.67. The zero-order valence-electron chi connectivity index (χ0n) is 12.1. The molecule has 0 spiro atoms. The Labute approximate surface area is 107 Å². The second-order valence-electron chi connectivity index (χ2n) is 5.07. The van der Waals surface area contributed by atoms with Gasteiger partial charge in [0.05, 0.1) is 13.2 Å². The number of methoxy groups -OCH3 is 1. The predicted molar refractivity (Wildman–Crippen MR) is 73.4 cm³/mol. The average Bonchev–Trinajstić information content (AvgIpc) is 2.30. The fraction of sp³-hybridized carbons (Fsp3) is 1.00. The molecular formula is C14H31NO2. The van der Waals surface area contributed by atoms with Crippen LogP contribution in [0.5, 0.6) is 0 Å². The molecule has 0 saturated carbocycles. The van der Waals surface area contributed by atoms with Crippen LogP contribution in [-0.2, 0) is 9.47 Å². The van der Waals surface area contributed by atoms with Gasteiger partial charge in [-0.05, 0) is 37.8 Å². The van der Waals surface area contributed by atoms with Crippen LogP contribution in [0.2, 0.25) is 0 Å². The van der Waals surface area contributed by atoms with E-state index in [0.29, 0.717) is 6.61 Å². The first kappa shape index (κ1) is 16.9. The summed E-state index contributed by atoms with van der Waals surface area (Å²) in [5.74, 6) is 1.53. The molecule has 0 aliphatic rings. The number of rotatable bonds is 12. The van der Waals surface area contributed by atoms with E-state index >= 15 is 0 Å². The number of nitrogens with one attached hydrogen (secondary N) is 1. The molecule has 0 rings (SSSR count). The van der Waals surface area contributed by atoms with E-state index in [-0.39, 0.29) is 0 Å². The Morgan fingerprint density at radius 2 is 1.82 bits per heavy atom. The molecule has 17 heavy (non-hydrogen) atoms. The van der Waals surface area contributed by atoms with Crippen LogP contribution in [0.4, 0.5) is 0 Å². The van der Waals surface area contributed by atoms with Crippen molar-refractivity contribution in [2.24, 2.45) is 11.8 Å². The van der Waals surface area contributed by atoms with E-state index in [0.717, 1.165) is 44.6 Å². The predicted octanol–water partition coefficient (Wildman–Crippen LogP) is 2.70. The van der Waals surface area contributed by atoms with Crippen LogP contribution in [0.25, 0.3) is 0 Å². The van der Waals surface area contributed by atoms with Crippen LogP contribution in [0, 0.1) is 11.8 Å². The smallest absolute Gasteiger partial charge is 0.0700 e. The van der Waals surface area contributed by atoms with E-state index in [2.05, 4.69) is 26.1 Å². The molecule has 0 aromatic heterocycles. The Hall–Kier alpha value is -0.120. The quantitative estimate of drug-likeness (QED) is 0.536. The topological polar surface area (TPSA) is 30.5 Å². The molecule has 0 heterocycles. The van der Waals surface area contributed by atoms with Crippen molar-refractivity contribution in [2.45, 2.75) is 40.0 Å². The lowest BCUT2D eigenvalue weighted by Crippen LogP contribution is -2.26. The summed E-state index contributed by atoms with van der Waals surface area (Å²) in [4.78, 5) is 0. The van der Waals surface area contributed by atoms with E-state index in [9.17, 15) is 0 Å². The second-order valence-corrected chi connectivity index (χ2v) is 5.07. The van der Waals surface area contributed by atoms with Gasteiger partial charge in [-0.2, -0.15) is 0 Å². The van der Waals surface area contributed by atoms with Gasteiger partial charge in [-0.25, -0.2) is 0 Å². The maximum Gasteiger partial charge on any atom is 0.0700 e. The number of ether oxygens (including phenoxy) is 2. The Morgan fingerprint density at radius 3 is 2.41 bits per heavy atom. The zero-order chi connectivity index (χ0) is 12.9. The van der Waals surface area contributed by atoms with Crippen molar-refractivity contribution < 1.29 is 9.47 Å². The summed E-state index contributed by atoms with van der Waals surface area (Å²) < 4.78 is 10.4. The molecule has 3 nitrogen and oxygen atoms in total. The number of hydrogen-bond donors (Lipinski definition) is 1. The van der Waals surface area contributed by atoms with Gasteiger partial charge >= 0.3 is 0 Å². The monoisotopic (exact) mass is 245 g/mol. The zero-order valence-corrected chi connectivity index (χ0v) is 12.1. The maximum absolute atomic E-state index is 5.47. The van der Waals surface area contributed by atoms with Gasteiger partial charge in [-0.1, -0.05) is 27.2 Å². The van der Waals surface area contributed by atoms with Gasteiger partial charge in [0.15, 0.2) is 0 Å². The fourth-order valence-electron chi connectivity index (χ4n) is 1.75. The molecule has 104 valence electrons. The lowest BCUT2D eigenvalue weighted by Gasteiger charge is -2.16. The van der Waals surface area contributed by atoms with Gasteiger partial charge in [-0.3, -0.25) is 0 Å². The molecule has 1 unspecified atom stereocenters. The molecule has 0 amide bonds. The SMILES string of the molecule is CCC(CCCOCCOC)CNCC(C)C. The Morgan fingerprint density at radius 1 is 1.06 bits per heavy atom. The third-order valence-corrected chi connectivity index (χ3v) is 2.90. The van der Waals surface area contributed by atoms with Gasteiger partial charge in [0, 0.05) is 13.7 Å². The first-order chi connectivity index (χ1) is 8.20. The minimum absolute atomic E-state index is 0.702. The van der Waals surface area contributed by atoms with Crippen LogP contribution in [0.15, 0.2) is 0 Å². The normalized spacial score (nSPS) is 13.2. The van der Waals surface area contributed by atoms with Crippen molar-refractivity contribution in [1.29, 1.82) is 0 Å². The van der Waals surface area contributed by atoms with Gasteiger partial charge < -0.3 is 14.8 Å². The molecule has 0 aliphatic heterocycles. The highest BCUT2D eigenvalue weighted by molar-refractivity contribution is 4.62. The highest BCUT2D eigenvalue weighted by Gasteiger charge is 2.05. The van der Waals surface area contributed by atoms with Crippen molar-refractivity contribution in [3.8, 4) is 0 Å². The second kappa shape index (κ2) is 12.3. The Balaban J connectivity index is 3.35. The van der Waals surface area contributed by atoms with Gasteiger partial charge in [-0.15, -0.1) is 0 Å². The Bertz CT molecular complexity index is 151. The van der Waals surface area contributed by atoms with E-state index < -0.39 is 0 Å². The van der Waals surface area contributed by atoms with Gasteiger partial charge in [0.25, 0.3) is 0 Å². The van der Waals surface area contributed by atoms with Gasteiger partial charge in [0.1, 0.15) is 0 Å². The molecule has 3 heteroatoms. The summed E-state index contributed by atoms with van der Waals surface area (Å²) in [7, 11) is 1.71. The molecule has 0 bridgehead atoms. The van der Waals surface area contributed by atoms with Gasteiger partial charge in [0.2, 0.25) is 0 Å². The van der Waals surface area contributed by atoms with E-state index in [1.54, 1.807) is 7.11 Å². The number of hydrogen-bond acceptors (Lipinski definition) is 3. The first-order valence-electron chi connectivity index (χ1n) is 6.98. The molecule has 0 aliphatic carbocycles. The minimum atomic E-state index is 0.702. The van der Waals surface area contributed by atoms with E-state index in [4.69, 9.17) is 9.47 Å². The summed E-state index contributed by atoms with van der Waals surface area (Å²) >= 11 is 0. The molecule has 0 saturated heterocycles. The summed E-state index contributed by atoms with van der Waals surface area (Å²) in [6, 6.07) is 0. The standard InChI is InChI=1S/C14H31NO2/c1-5-14(12-15-11-13(2)3)7-6-8-17-10-9-16-4/h13-15H,5-12H2,1-4H3. The Kier molecular flexibility index (Phi) is 12.3. The third kappa shape index (κ3) is 12.1. The third-order valence-electron chi connectivity index (χ3n) is 2.90. The van der Waals surface area contributed by atoms with Crippen LogP contribution in [0.1, 0.15) is 40.0 Å². The molecule has 0 radical (unpaired) electrons. The average molecular weight is 245 g/mol. The van der Waals surface area contributed by atoms with Crippen LogP contribution in [-0.4, -0.2) is 40.0 Å². The first-order valence-corrected chi connectivity index (χ1v) is 6.98. The minimum Gasteiger partial charge on any atom is -0.382 e. The summed E-state index contributed by atoms with van der Waals surface area (Å²) in [6.45, 7) is 11.3. The largest absolute Gasteiger partial charge is 0.382 e. The van der Waals surface area contributed by atoms with E-state index in [1.165, 1.54) is 12.8 Å². The van der Waals surface area contributed by atoms with Crippen LogP contribution >= 0.6 is 0 Å². The lowest BCUT2D eigenvalue weighted by molar-refractivity contribution is 0.0671. The molecule has 1 atom stereocenters. The van der Waals surface area contributed by atoms with Crippen molar-refractivity contribution in [1.82, 2.24) is 5.32 Å². The molecule has 0 aromatic carbocycles. The van der Waals surface area contributed by atoms with Crippen molar-refractivity contribution >= 4 is 0 Å². The molecule has 1 N–H and O–H groups in total. The lowest BCUT2D eigenvalue weighted by atomic mass is 10.0. The van der Waals surface area contributed by atoms with Crippen molar-refractivity contribution in [2.75, 3.05) is 40.0 Å². The highest BCUT2D eigenvalue weighted by atomic mass is 16.5. The summed E-state index contributed by atoms with van der Waals surface area (Å²) in [5, 5.41) is 3.54. The van der Waals surface area contributed by atoms with Crippen molar-refractivity contribution in [3.05, 3.63) is 0 Å². The fourth-order valence-corrected chi connectivity index (χ4v) is 1.75. The molecular weight excluding hydrogens is 214 g/mol.